The SMILES string of the molecule is CCOc1cccc(-c2sc(CCl)nc2C)c1. The number of hydrogen-bond donors (Lipinski definition) is 0. The lowest BCUT2D eigenvalue weighted by molar-refractivity contribution is 0.340. The van der Waals surface area contributed by atoms with Crippen molar-refractivity contribution in [1.29, 1.82) is 0 Å². The van der Waals surface area contributed by atoms with Gasteiger partial charge in [-0.2, -0.15) is 0 Å². The predicted molar refractivity (Wildman–Crippen MR) is 73.0 cm³/mol. The van der Waals surface area contributed by atoms with Gasteiger partial charge in [0.25, 0.3) is 0 Å². The first-order valence-corrected chi connectivity index (χ1v) is 6.85. The summed E-state index contributed by atoms with van der Waals surface area (Å²) in [6.45, 7) is 4.67. The quantitative estimate of drug-likeness (QED) is 0.773. The van der Waals surface area contributed by atoms with Gasteiger partial charge in [-0.05, 0) is 31.5 Å². The molecule has 0 aliphatic heterocycles. The maximum Gasteiger partial charge on any atom is 0.119 e. The lowest BCUT2D eigenvalue weighted by Gasteiger charge is -2.04. The molecule has 2 rings (SSSR count). The molecule has 0 atom stereocenters. The van der Waals surface area contributed by atoms with Crippen molar-refractivity contribution in [2.45, 2.75) is 19.7 Å². The van der Waals surface area contributed by atoms with Crippen LogP contribution >= 0.6 is 22.9 Å². The van der Waals surface area contributed by atoms with Gasteiger partial charge in [-0.15, -0.1) is 22.9 Å². The van der Waals surface area contributed by atoms with Gasteiger partial charge >= 0.3 is 0 Å². The minimum atomic E-state index is 0.469. The molecule has 0 fully saturated rings. The average molecular weight is 268 g/mol. The molecular formula is C13H14ClNOS. The number of aromatic nitrogens is 1. The van der Waals surface area contributed by atoms with Gasteiger partial charge in [-0.1, -0.05) is 12.1 Å². The van der Waals surface area contributed by atoms with E-state index in [4.69, 9.17) is 16.3 Å². The summed E-state index contributed by atoms with van der Waals surface area (Å²) in [4.78, 5) is 5.60. The highest BCUT2D eigenvalue weighted by Crippen LogP contribution is 2.32. The van der Waals surface area contributed by atoms with E-state index in [-0.39, 0.29) is 0 Å². The zero-order valence-electron chi connectivity index (χ0n) is 9.87. The number of rotatable bonds is 4. The fourth-order valence-electron chi connectivity index (χ4n) is 1.67. The molecule has 0 aliphatic carbocycles. The van der Waals surface area contributed by atoms with E-state index in [0.717, 1.165) is 22.0 Å². The van der Waals surface area contributed by atoms with E-state index in [9.17, 15) is 0 Å². The summed E-state index contributed by atoms with van der Waals surface area (Å²) >= 11 is 7.44. The summed E-state index contributed by atoms with van der Waals surface area (Å²) in [5.41, 5.74) is 2.17. The van der Waals surface area contributed by atoms with E-state index in [1.807, 2.05) is 32.0 Å². The second-order valence-electron chi connectivity index (χ2n) is 3.62. The first-order valence-electron chi connectivity index (χ1n) is 5.50. The lowest BCUT2D eigenvalue weighted by Crippen LogP contribution is -1.91. The summed E-state index contributed by atoms with van der Waals surface area (Å²) < 4.78 is 5.50. The van der Waals surface area contributed by atoms with Crippen LogP contribution in [0.2, 0.25) is 0 Å². The third kappa shape index (κ3) is 2.79. The molecule has 0 aliphatic rings. The number of thiazole rings is 1. The molecule has 0 saturated heterocycles. The Balaban J connectivity index is 2.37. The van der Waals surface area contributed by atoms with Crippen molar-refractivity contribution in [2.75, 3.05) is 6.61 Å². The van der Waals surface area contributed by atoms with E-state index in [1.54, 1.807) is 11.3 Å². The van der Waals surface area contributed by atoms with E-state index < -0.39 is 0 Å². The van der Waals surface area contributed by atoms with Crippen LogP contribution in [0.1, 0.15) is 17.6 Å². The van der Waals surface area contributed by atoms with Crippen molar-refractivity contribution >= 4 is 22.9 Å². The molecule has 17 heavy (non-hydrogen) atoms. The van der Waals surface area contributed by atoms with Gasteiger partial charge in [0.15, 0.2) is 0 Å². The first kappa shape index (κ1) is 12.4. The van der Waals surface area contributed by atoms with Gasteiger partial charge < -0.3 is 4.74 Å². The smallest absolute Gasteiger partial charge is 0.119 e. The monoisotopic (exact) mass is 267 g/mol. The van der Waals surface area contributed by atoms with Crippen molar-refractivity contribution in [3.8, 4) is 16.2 Å². The maximum absolute atomic E-state index is 5.80. The third-order valence-electron chi connectivity index (χ3n) is 2.36. The fourth-order valence-corrected chi connectivity index (χ4v) is 2.81. The van der Waals surface area contributed by atoms with Crippen LogP contribution in [0, 0.1) is 6.92 Å². The molecule has 2 nitrogen and oxygen atoms in total. The zero-order chi connectivity index (χ0) is 12.3. The van der Waals surface area contributed by atoms with Crippen LogP contribution in [0.4, 0.5) is 0 Å². The highest BCUT2D eigenvalue weighted by atomic mass is 35.5. The molecule has 4 heteroatoms. The summed E-state index contributed by atoms with van der Waals surface area (Å²) in [5, 5.41) is 0.959. The second kappa shape index (κ2) is 5.52. The number of aryl methyl sites for hydroxylation is 1. The van der Waals surface area contributed by atoms with Gasteiger partial charge in [0, 0.05) is 0 Å². The number of halogens is 1. The maximum atomic E-state index is 5.80. The molecule has 1 aromatic carbocycles. The molecule has 2 aromatic rings. The molecule has 0 N–H and O–H groups in total. The van der Waals surface area contributed by atoms with E-state index in [2.05, 4.69) is 11.1 Å². The summed E-state index contributed by atoms with van der Waals surface area (Å²) in [5.74, 6) is 1.36. The van der Waals surface area contributed by atoms with Crippen molar-refractivity contribution in [2.24, 2.45) is 0 Å². The topological polar surface area (TPSA) is 22.1 Å². The van der Waals surface area contributed by atoms with Crippen molar-refractivity contribution in [3.05, 3.63) is 35.0 Å². The van der Waals surface area contributed by atoms with E-state index >= 15 is 0 Å². The first-order chi connectivity index (χ1) is 8.24. The second-order valence-corrected chi connectivity index (χ2v) is 4.97. The Morgan fingerprint density at radius 1 is 1.41 bits per heavy atom. The Morgan fingerprint density at radius 2 is 2.24 bits per heavy atom. The van der Waals surface area contributed by atoms with Crippen LogP contribution in [0.15, 0.2) is 24.3 Å². The Labute approximate surface area is 110 Å². The van der Waals surface area contributed by atoms with Crippen LogP contribution in [0.3, 0.4) is 0 Å². The van der Waals surface area contributed by atoms with Crippen molar-refractivity contribution in [3.63, 3.8) is 0 Å². The number of alkyl halides is 1. The molecule has 0 amide bonds. The van der Waals surface area contributed by atoms with Crippen LogP contribution in [0.25, 0.3) is 10.4 Å². The van der Waals surface area contributed by atoms with Crippen LogP contribution in [-0.2, 0) is 5.88 Å². The number of hydrogen-bond acceptors (Lipinski definition) is 3. The highest BCUT2D eigenvalue weighted by Gasteiger charge is 2.09. The lowest BCUT2D eigenvalue weighted by atomic mass is 10.1. The molecule has 0 radical (unpaired) electrons. The minimum Gasteiger partial charge on any atom is -0.494 e. The Kier molecular flexibility index (Phi) is 4.02. The van der Waals surface area contributed by atoms with Gasteiger partial charge in [0.1, 0.15) is 10.8 Å². The minimum absolute atomic E-state index is 0.469. The van der Waals surface area contributed by atoms with Crippen LogP contribution in [-0.4, -0.2) is 11.6 Å². The number of benzene rings is 1. The molecule has 1 heterocycles. The average Bonchev–Trinajstić information content (AvgIpc) is 2.71. The molecule has 0 saturated carbocycles. The summed E-state index contributed by atoms with van der Waals surface area (Å²) in [6, 6.07) is 8.08. The fraction of sp³-hybridized carbons (Fsp3) is 0.308. The summed E-state index contributed by atoms with van der Waals surface area (Å²) in [6.07, 6.45) is 0. The Bertz CT molecular complexity index is 510. The van der Waals surface area contributed by atoms with Crippen LogP contribution in [0.5, 0.6) is 5.75 Å². The van der Waals surface area contributed by atoms with E-state index in [0.29, 0.717) is 12.5 Å². The predicted octanol–water partition coefficient (Wildman–Crippen LogP) is 4.26. The molecule has 1 aromatic heterocycles. The van der Waals surface area contributed by atoms with Crippen molar-refractivity contribution < 1.29 is 4.74 Å². The van der Waals surface area contributed by atoms with Gasteiger partial charge in [0.2, 0.25) is 0 Å². The Hall–Kier alpha value is -1.06. The molecule has 0 bridgehead atoms. The molecule has 90 valence electrons. The van der Waals surface area contributed by atoms with Crippen LogP contribution < -0.4 is 4.74 Å². The van der Waals surface area contributed by atoms with Gasteiger partial charge in [-0.3, -0.25) is 0 Å². The normalized spacial score (nSPS) is 10.5. The largest absolute Gasteiger partial charge is 0.494 e. The molecule has 0 spiro atoms. The molecule has 0 unspecified atom stereocenters. The number of ether oxygens (including phenoxy) is 1. The van der Waals surface area contributed by atoms with E-state index in [1.165, 1.54) is 4.88 Å². The zero-order valence-corrected chi connectivity index (χ0v) is 11.4. The van der Waals surface area contributed by atoms with Gasteiger partial charge in [0.05, 0.1) is 23.1 Å². The Morgan fingerprint density at radius 3 is 2.88 bits per heavy atom. The third-order valence-corrected chi connectivity index (χ3v) is 3.98. The van der Waals surface area contributed by atoms with Gasteiger partial charge in [-0.25, -0.2) is 4.98 Å². The summed E-state index contributed by atoms with van der Waals surface area (Å²) in [7, 11) is 0. The molecular weight excluding hydrogens is 254 g/mol. The number of nitrogens with zero attached hydrogens (tertiary/aromatic N) is 1. The van der Waals surface area contributed by atoms with Crippen molar-refractivity contribution in [1.82, 2.24) is 4.98 Å². The highest BCUT2D eigenvalue weighted by molar-refractivity contribution is 7.15. The standard InChI is InChI=1S/C13H14ClNOS/c1-3-16-11-6-4-5-10(7-11)13-9(2)15-12(8-14)17-13/h4-7H,3,8H2,1-2H3.